The van der Waals surface area contributed by atoms with Gasteiger partial charge in [0.2, 0.25) is 5.95 Å². The molecule has 3 saturated heterocycles. The fourth-order valence-corrected chi connectivity index (χ4v) is 6.01. The van der Waals surface area contributed by atoms with Crippen LogP contribution >= 0.6 is 0 Å². The highest BCUT2D eigenvalue weighted by Gasteiger charge is 2.31. The van der Waals surface area contributed by atoms with Crippen LogP contribution in [0.25, 0.3) is 28.1 Å². The van der Waals surface area contributed by atoms with Crippen molar-refractivity contribution < 1.29 is 9.47 Å². The van der Waals surface area contributed by atoms with Crippen LogP contribution in [-0.4, -0.2) is 111 Å². The molecule has 0 saturated carbocycles. The maximum atomic E-state index is 5.76. The standard InChI is InChI=1S/C27H35N9O2/c1-3-22-28-20-6-4-5-7-21(20)36(22)27-30-25-24(26(31-27)35-11-13-37-14-12-35)29-23(32(25)2)17-33-8-9-34-10-15-38-18-19(34)16-33/h4-7,19H,3,8-18H2,1-2H3. The van der Waals surface area contributed by atoms with E-state index in [1.54, 1.807) is 0 Å². The van der Waals surface area contributed by atoms with E-state index in [0.717, 1.165) is 105 Å². The Labute approximate surface area is 222 Å². The van der Waals surface area contributed by atoms with Crippen LogP contribution in [0.15, 0.2) is 24.3 Å². The summed E-state index contributed by atoms with van der Waals surface area (Å²) in [5.74, 6) is 3.48. The summed E-state index contributed by atoms with van der Waals surface area (Å²) in [5.41, 5.74) is 3.69. The summed E-state index contributed by atoms with van der Waals surface area (Å²) in [5, 5.41) is 0. The Kier molecular flexibility index (Phi) is 6.23. The van der Waals surface area contributed by atoms with Crippen molar-refractivity contribution in [1.82, 2.24) is 38.9 Å². The zero-order chi connectivity index (χ0) is 25.6. The van der Waals surface area contributed by atoms with E-state index >= 15 is 0 Å². The molecule has 1 atom stereocenters. The summed E-state index contributed by atoms with van der Waals surface area (Å²) in [6, 6.07) is 8.66. The third-order valence-electron chi connectivity index (χ3n) is 8.13. The Morgan fingerprint density at radius 3 is 2.61 bits per heavy atom. The fraction of sp³-hybridized carbons (Fsp3) is 0.556. The number of piperazine rings is 1. The molecule has 1 aromatic carbocycles. The number of anilines is 1. The molecule has 0 aliphatic carbocycles. The maximum Gasteiger partial charge on any atom is 0.239 e. The molecule has 4 aromatic rings. The minimum Gasteiger partial charge on any atom is -0.378 e. The molecule has 0 amide bonds. The van der Waals surface area contributed by atoms with E-state index in [1.807, 2.05) is 18.2 Å². The first-order valence-corrected chi connectivity index (χ1v) is 13.8. The quantitative estimate of drug-likeness (QED) is 0.392. The van der Waals surface area contributed by atoms with Crippen molar-refractivity contribution >= 4 is 28.0 Å². The smallest absolute Gasteiger partial charge is 0.239 e. The average Bonchev–Trinajstić information content (AvgIpc) is 3.50. The SMILES string of the molecule is CCc1nc2ccccc2n1-c1nc(N2CCOCC2)c2nc(CN3CCN4CCOCC4C3)n(C)c2n1. The Balaban J connectivity index is 1.31. The molecule has 3 aliphatic rings. The molecule has 38 heavy (non-hydrogen) atoms. The molecule has 6 heterocycles. The minimum atomic E-state index is 0.462. The van der Waals surface area contributed by atoms with Crippen LogP contribution in [0.5, 0.6) is 0 Å². The van der Waals surface area contributed by atoms with Crippen molar-refractivity contribution in [3.63, 3.8) is 0 Å². The van der Waals surface area contributed by atoms with Gasteiger partial charge in [-0.3, -0.25) is 14.4 Å². The lowest BCUT2D eigenvalue weighted by molar-refractivity contribution is -0.0466. The van der Waals surface area contributed by atoms with Crippen LogP contribution in [0, 0.1) is 0 Å². The molecule has 7 rings (SSSR count). The topological polar surface area (TPSA) is 89.6 Å². The van der Waals surface area contributed by atoms with E-state index in [0.29, 0.717) is 25.2 Å². The van der Waals surface area contributed by atoms with Crippen LogP contribution in [0.1, 0.15) is 18.6 Å². The number of nitrogens with zero attached hydrogens (tertiary/aromatic N) is 9. The number of hydrogen-bond donors (Lipinski definition) is 0. The molecule has 200 valence electrons. The highest BCUT2D eigenvalue weighted by Crippen LogP contribution is 2.29. The van der Waals surface area contributed by atoms with Gasteiger partial charge in [0.15, 0.2) is 17.0 Å². The Bertz CT molecular complexity index is 1460. The van der Waals surface area contributed by atoms with Gasteiger partial charge in [-0.05, 0) is 12.1 Å². The van der Waals surface area contributed by atoms with Gasteiger partial charge in [-0.25, -0.2) is 9.97 Å². The molecule has 0 bridgehead atoms. The lowest BCUT2D eigenvalue weighted by Gasteiger charge is -2.43. The van der Waals surface area contributed by atoms with Crippen molar-refractivity contribution in [3.8, 4) is 5.95 Å². The van der Waals surface area contributed by atoms with E-state index in [-0.39, 0.29) is 0 Å². The van der Waals surface area contributed by atoms with Crippen molar-refractivity contribution in [2.24, 2.45) is 7.05 Å². The van der Waals surface area contributed by atoms with Gasteiger partial charge in [0.25, 0.3) is 0 Å². The number of imidazole rings is 2. The fourth-order valence-electron chi connectivity index (χ4n) is 6.01. The Morgan fingerprint density at radius 2 is 1.74 bits per heavy atom. The van der Waals surface area contributed by atoms with E-state index in [2.05, 4.69) is 43.9 Å². The summed E-state index contributed by atoms with van der Waals surface area (Å²) in [7, 11) is 2.08. The maximum absolute atomic E-state index is 5.76. The van der Waals surface area contributed by atoms with Crippen molar-refractivity contribution in [3.05, 3.63) is 35.9 Å². The Morgan fingerprint density at radius 1 is 0.895 bits per heavy atom. The van der Waals surface area contributed by atoms with Crippen LogP contribution < -0.4 is 4.90 Å². The van der Waals surface area contributed by atoms with Crippen LogP contribution in [0.4, 0.5) is 5.82 Å². The molecule has 0 spiro atoms. The van der Waals surface area contributed by atoms with E-state index in [4.69, 9.17) is 29.4 Å². The first-order valence-electron chi connectivity index (χ1n) is 13.8. The monoisotopic (exact) mass is 517 g/mol. The molecule has 1 unspecified atom stereocenters. The molecule has 11 nitrogen and oxygen atoms in total. The molecule has 3 fully saturated rings. The van der Waals surface area contributed by atoms with Crippen molar-refractivity contribution in [1.29, 1.82) is 0 Å². The van der Waals surface area contributed by atoms with Crippen LogP contribution in [-0.2, 0) is 29.5 Å². The third kappa shape index (κ3) is 4.14. The average molecular weight is 518 g/mol. The molecule has 0 radical (unpaired) electrons. The molecule has 0 N–H and O–H groups in total. The molecule has 3 aromatic heterocycles. The van der Waals surface area contributed by atoms with Gasteiger partial charge in [0.05, 0.1) is 44.0 Å². The zero-order valence-corrected chi connectivity index (χ0v) is 22.2. The van der Waals surface area contributed by atoms with Gasteiger partial charge >= 0.3 is 0 Å². The zero-order valence-electron chi connectivity index (χ0n) is 22.2. The minimum absolute atomic E-state index is 0.462. The largest absolute Gasteiger partial charge is 0.378 e. The number of aromatic nitrogens is 6. The molecule has 11 heteroatoms. The highest BCUT2D eigenvalue weighted by molar-refractivity contribution is 5.86. The van der Waals surface area contributed by atoms with Gasteiger partial charge < -0.3 is 18.9 Å². The lowest BCUT2D eigenvalue weighted by atomic mass is 10.1. The van der Waals surface area contributed by atoms with E-state index < -0.39 is 0 Å². The molecule has 3 aliphatic heterocycles. The van der Waals surface area contributed by atoms with Crippen LogP contribution in [0.2, 0.25) is 0 Å². The van der Waals surface area contributed by atoms with Gasteiger partial charge in [-0.1, -0.05) is 19.1 Å². The van der Waals surface area contributed by atoms with Crippen molar-refractivity contribution in [2.75, 3.05) is 70.6 Å². The number of morpholine rings is 2. The van der Waals surface area contributed by atoms with E-state index in [1.165, 1.54) is 0 Å². The number of aryl methyl sites for hydroxylation is 2. The second-order valence-electron chi connectivity index (χ2n) is 10.4. The summed E-state index contributed by atoms with van der Waals surface area (Å²) < 4.78 is 15.7. The van der Waals surface area contributed by atoms with Crippen molar-refractivity contribution in [2.45, 2.75) is 25.9 Å². The number of fused-ring (bicyclic) bond motifs is 3. The first kappa shape index (κ1) is 24.0. The summed E-state index contributed by atoms with van der Waals surface area (Å²) in [6.07, 6.45) is 0.788. The van der Waals surface area contributed by atoms with Gasteiger partial charge in [-0.2, -0.15) is 9.97 Å². The predicted molar refractivity (Wildman–Crippen MR) is 145 cm³/mol. The van der Waals surface area contributed by atoms with Crippen LogP contribution in [0.3, 0.4) is 0 Å². The van der Waals surface area contributed by atoms with E-state index in [9.17, 15) is 0 Å². The number of ether oxygens (including phenoxy) is 2. The lowest BCUT2D eigenvalue weighted by Crippen LogP contribution is -2.57. The van der Waals surface area contributed by atoms with Gasteiger partial charge in [0, 0.05) is 58.8 Å². The summed E-state index contributed by atoms with van der Waals surface area (Å²) in [6.45, 7) is 11.6. The molecular formula is C27H35N9O2. The Hall–Kier alpha value is -3.12. The van der Waals surface area contributed by atoms with Gasteiger partial charge in [0.1, 0.15) is 11.6 Å². The molecular weight excluding hydrogens is 482 g/mol. The summed E-state index contributed by atoms with van der Waals surface area (Å²) >= 11 is 0. The number of rotatable bonds is 5. The van der Waals surface area contributed by atoms with Gasteiger partial charge in [-0.15, -0.1) is 0 Å². The second-order valence-corrected chi connectivity index (χ2v) is 10.4. The number of hydrogen-bond acceptors (Lipinski definition) is 9. The number of para-hydroxylation sites is 2. The second kappa shape index (κ2) is 9.88. The normalized spacial score (nSPS) is 21.4. The highest BCUT2D eigenvalue weighted by atomic mass is 16.5. The number of benzene rings is 1. The summed E-state index contributed by atoms with van der Waals surface area (Å²) in [4.78, 5) is 27.6. The third-order valence-corrected chi connectivity index (χ3v) is 8.13. The first-order chi connectivity index (χ1) is 18.7. The predicted octanol–water partition coefficient (Wildman–Crippen LogP) is 1.62.